The van der Waals surface area contributed by atoms with Crippen molar-refractivity contribution < 1.29 is 0 Å². The second kappa shape index (κ2) is 10.7. The van der Waals surface area contributed by atoms with Gasteiger partial charge in [0.15, 0.2) is 5.96 Å². The minimum Gasteiger partial charge on any atom is -0.375 e. The predicted octanol–water partition coefficient (Wildman–Crippen LogP) is 3.48. The molecule has 0 aliphatic heterocycles. The summed E-state index contributed by atoms with van der Waals surface area (Å²) in [7, 11) is 3.95. The highest BCUT2D eigenvalue weighted by atomic mass is 127. The van der Waals surface area contributed by atoms with Crippen LogP contribution in [0.2, 0.25) is 0 Å². The van der Waals surface area contributed by atoms with E-state index in [-0.39, 0.29) is 29.5 Å². The van der Waals surface area contributed by atoms with Crippen LogP contribution in [-0.4, -0.2) is 38.7 Å². The summed E-state index contributed by atoms with van der Waals surface area (Å²) in [5, 5.41) is 6.72. The third-order valence-electron chi connectivity index (χ3n) is 3.13. The van der Waals surface area contributed by atoms with Crippen LogP contribution in [0.25, 0.3) is 0 Å². The number of guanidine groups is 1. The van der Waals surface area contributed by atoms with Crippen molar-refractivity contribution in [1.29, 1.82) is 0 Å². The average Bonchev–Trinajstić information content (AvgIpc) is 2.45. The lowest BCUT2D eigenvalue weighted by Crippen LogP contribution is -2.47. The highest BCUT2D eigenvalue weighted by Gasteiger charge is 2.11. The van der Waals surface area contributed by atoms with Crippen LogP contribution in [0.1, 0.15) is 33.6 Å². The summed E-state index contributed by atoms with van der Waals surface area (Å²) in [6.45, 7) is 8.41. The fourth-order valence-corrected chi connectivity index (χ4v) is 2.03. The number of hydrogen-bond donors (Lipinski definition) is 2. The molecule has 0 saturated heterocycles. The minimum absolute atomic E-state index is 0. The van der Waals surface area contributed by atoms with Gasteiger partial charge < -0.3 is 15.5 Å². The van der Waals surface area contributed by atoms with E-state index in [1.807, 2.05) is 7.05 Å². The zero-order valence-electron chi connectivity index (χ0n) is 14.5. The maximum absolute atomic E-state index is 4.24. The van der Waals surface area contributed by atoms with Crippen molar-refractivity contribution in [2.45, 2.75) is 39.2 Å². The standard InChI is InChI=1S/C17H30N4.HI/c1-17(2,3)20-16(18-4)19-13-9-10-14-21(5)15-11-7-6-8-12-15;/h6-8,11-12H,9-10,13-14H2,1-5H3,(H2,18,19,20);1H. The van der Waals surface area contributed by atoms with Crippen molar-refractivity contribution in [2.75, 3.05) is 32.1 Å². The van der Waals surface area contributed by atoms with E-state index in [2.05, 4.69) is 78.7 Å². The quantitative estimate of drug-likeness (QED) is 0.322. The molecule has 0 bridgehead atoms. The van der Waals surface area contributed by atoms with Gasteiger partial charge in [-0.1, -0.05) is 18.2 Å². The first-order valence-corrected chi connectivity index (χ1v) is 7.67. The monoisotopic (exact) mass is 418 g/mol. The first-order chi connectivity index (χ1) is 9.92. The summed E-state index contributed by atoms with van der Waals surface area (Å²) >= 11 is 0. The number of unbranched alkanes of at least 4 members (excludes halogenated alkanes) is 1. The molecule has 22 heavy (non-hydrogen) atoms. The second-order valence-electron chi connectivity index (χ2n) is 6.34. The Labute approximate surface area is 152 Å². The molecule has 1 rings (SSSR count). The van der Waals surface area contributed by atoms with E-state index in [9.17, 15) is 0 Å². The Morgan fingerprint density at radius 3 is 2.32 bits per heavy atom. The van der Waals surface area contributed by atoms with E-state index < -0.39 is 0 Å². The van der Waals surface area contributed by atoms with E-state index in [4.69, 9.17) is 0 Å². The highest BCUT2D eigenvalue weighted by molar-refractivity contribution is 14.0. The van der Waals surface area contributed by atoms with Gasteiger partial charge in [0.25, 0.3) is 0 Å². The van der Waals surface area contributed by atoms with Gasteiger partial charge in [0.1, 0.15) is 0 Å². The molecule has 5 heteroatoms. The van der Waals surface area contributed by atoms with Crippen molar-refractivity contribution >= 4 is 35.6 Å². The zero-order chi connectivity index (χ0) is 15.7. The number of nitrogens with one attached hydrogen (secondary N) is 2. The molecule has 1 aromatic carbocycles. The van der Waals surface area contributed by atoms with Gasteiger partial charge in [0.05, 0.1) is 0 Å². The Kier molecular flexibility index (Phi) is 10.2. The lowest BCUT2D eigenvalue weighted by Gasteiger charge is -2.24. The van der Waals surface area contributed by atoms with Crippen LogP contribution in [-0.2, 0) is 0 Å². The molecular formula is C17H31IN4. The Balaban J connectivity index is 0.00000441. The second-order valence-corrected chi connectivity index (χ2v) is 6.34. The molecule has 126 valence electrons. The molecular weight excluding hydrogens is 387 g/mol. The van der Waals surface area contributed by atoms with Gasteiger partial charge in [-0.15, -0.1) is 24.0 Å². The topological polar surface area (TPSA) is 39.7 Å². The molecule has 0 radical (unpaired) electrons. The van der Waals surface area contributed by atoms with Crippen LogP contribution >= 0.6 is 24.0 Å². The van der Waals surface area contributed by atoms with E-state index in [1.54, 1.807) is 0 Å². The van der Waals surface area contributed by atoms with Crippen LogP contribution in [0.4, 0.5) is 5.69 Å². The molecule has 0 aliphatic rings. The number of benzene rings is 1. The molecule has 0 aromatic heterocycles. The highest BCUT2D eigenvalue weighted by Crippen LogP contribution is 2.11. The van der Waals surface area contributed by atoms with Crippen LogP contribution in [0.3, 0.4) is 0 Å². The number of hydrogen-bond acceptors (Lipinski definition) is 2. The minimum atomic E-state index is 0. The van der Waals surface area contributed by atoms with Gasteiger partial charge in [-0.25, -0.2) is 0 Å². The van der Waals surface area contributed by atoms with Crippen LogP contribution in [0, 0.1) is 0 Å². The summed E-state index contributed by atoms with van der Waals surface area (Å²) in [5.74, 6) is 0.874. The first-order valence-electron chi connectivity index (χ1n) is 7.67. The summed E-state index contributed by atoms with van der Waals surface area (Å²) in [4.78, 5) is 6.53. The van der Waals surface area contributed by atoms with E-state index >= 15 is 0 Å². The van der Waals surface area contributed by atoms with Crippen molar-refractivity contribution in [3.63, 3.8) is 0 Å². The van der Waals surface area contributed by atoms with Gasteiger partial charge in [-0.05, 0) is 45.7 Å². The fourth-order valence-electron chi connectivity index (χ4n) is 2.03. The van der Waals surface area contributed by atoms with Gasteiger partial charge >= 0.3 is 0 Å². The first kappa shape index (κ1) is 21.0. The van der Waals surface area contributed by atoms with Crippen molar-refractivity contribution in [3.8, 4) is 0 Å². The average molecular weight is 418 g/mol. The number of aliphatic imine (C=N–C) groups is 1. The van der Waals surface area contributed by atoms with Gasteiger partial charge in [0.2, 0.25) is 0 Å². The Hall–Kier alpha value is -0.980. The summed E-state index contributed by atoms with van der Waals surface area (Å²) in [5.41, 5.74) is 1.31. The molecule has 2 N–H and O–H groups in total. The van der Waals surface area contributed by atoms with E-state index in [1.165, 1.54) is 5.69 Å². The molecule has 0 atom stereocenters. The van der Waals surface area contributed by atoms with E-state index in [0.29, 0.717) is 0 Å². The number of rotatable bonds is 6. The number of anilines is 1. The summed E-state index contributed by atoms with van der Waals surface area (Å²) in [6, 6.07) is 10.5. The zero-order valence-corrected chi connectivity index (χ0v) is 16.8. The summed E-state index contributed by atoms with van der Waals surface area (Å²) < 4.78 is 0. The third kappa shape index (κ3) is 9.12. The lowest BCUT2D eigenvalue weighted by molar-refractivity contribution is 0.500. The smallest absolute Gasteiger partial charge is 0.191 e. The number of halogens is 1. The van der Waals surface area contributed by atoms with Gasteiger partial charge in [-0.3, -0.25) is 4.99 Å². The maximum Gasteiger partial charge on any atom is 0.191 e. The lowest BCUT2D eigenvalue weighted by atomic mass is 10.1. The predicted molar refractivity (Wildman–Crippen MR) is 109 cm³/mol. The van der Waals surface area contributed by atoms with Gasteiger partial charge in [0, 0.05) is 38.4 Å². The molecule has 0 fully saturated rings. The summed E-state index contributed by atoms with van der Waals surface area (Å²) in [6.07, 6.45) is 2.28. The molecule has 1 aromatic rings. The maximum atomic E-state index is 4.24. The van der Waals surface area contributed by atoms with Crippen molar-refractivity contribution in [2.24, 2.45) is 4.99 Å². The molecule has 0 amide bonds. The number of para-hydroxylation sites is 1. The molecule has 0 heterocycles. The Morgan fingerprint density at radius 2 is 1.77 bits per heavy atom. The molecule has 0 saturated carbocycles. The third-order valence-corrected chi connectivity index (χ3v) is 3.13. The SMILES string of the molecule is CN=C(NCCCCN(C)c1ccccc1)NC(C)(C)C.I. The number of nitrogens with zero attached hydrogens (tertiary/aromatic N) is 2. The Morgan fingerprint density at radius 1 is 1.14 bits per heavy atom. The molecule has 0 spiro atoms. The van der Waals surface area contributed by atoms with Crippen LogP contribution < -0.4 is 15.5 Å². The molecule has 0 aliphatic carbocycles. The van der Waals surface area contributed by atoms with Gasteiger partial charge in [-0.2, -0.15) is 0 Å². The van der Waals surface area contributed by atoms with Crippen LogP contribution in [0.15, 0.2) is 35.3 Å². The van der Waals surface area contributed by atoms with Crippen LogP contribution in [0.5, 0.6) is 0 Å². The van der Waals surface area contributed by atoms with Crippen molar-refractivity contribution in [1.82, 2.24) is 10.6 Å². The van der Waals surface area contributed by atoms with E-state index in [0.717, 1.165) is 31.9 Å². The molecule has 4 nitrogen and oxygen atoms in total. The Bertz CT molecular complexity index is 426. The fraction of sp³-hybridized carbons (Fsp3) is 0.588. The molecule has 0 unspecified atom stereocenters. The van der Waals surface area contributed by atoms with Crippen molar-refractivity contribution in [3.05, 3.63) is 30.3 Å². The normalized spacial score (nSPS) is 11.6. The largest absolute Gasteiger partial charge is 0.375 e.